The van der Waals surface area contributed by atoms with E-state index >= 15 is 0 Å². The van der Waals surface area contributed by atoms with Crippen LogP contribution in [0.1, 0.15) is 29.0 Å². The van der Waals surface area contributed by atoms with E-state index < -0.39 is 18.2 Å². The molecule has 1 aromatic heterocycles. The molecule has 3 nitrogen and oxygen atoms in total. The van der Waals surface area contributed by atoms with Crippen LogP contribution < -0.4 is 0 Å². The van der Waals surface area contributed by atoms with Gasteiger partial charge in [0.15, 0.2) is 5.82 Å². The molecule has 1 atom stereocenters. The van der Waals surface area contributed by atoms with Gasteiger partial charge in [0.1, 0.15) is 12.3 Å². The Bertz CT molecular complexity index is 548. The van der Waals surface area contributed by atoms with Gasteiger partial charge in [-0.15, -0.1) is 0 Å². The fourth-order valence-corrected chi connectivity index (χ4v) is 1.99. The molecule has 2 aromatic rings. The zero-order chi connectivity index (χ0) is 13.1. The van der Waals surface area contributed by atoms with Crippen LogP contribution in [-0.2, 0) is 0 Å². The van der Waals surface area contributed by atoms with Gasteiger partial charge in [0.2, 0.25) is 5.78 Å². The van der Waals surface area contributed by atoms with E-state index in [9.17, 15) is 9.18 Å². The van der Waals surface area contributed by atoms with Crippen LogP contribution in [0.5, 0.6) is 0 Å². The van der Waals surface area contributed by atoms with Gasteiger partial charge in [0.05, 0.1) is 6.04 Å². The zero-order valence-electron chi connectivity index (χ0n) is 10.0. The Labute approximate surface area is 104 Å². The molecule has 18 heavy (non-hydrogen) atoms. The zero-order valence-corrected chi connectivity index (χ0v) is 10.0. The number of hydrogen-bond donors (Lipinski definition) is 1. The minimum Gasteiger partial charge on any atom is -0.388 e. The Balaban J connectivity index is 2.43. The molecule has 1 N–H and O–H groups in total. The lowest BCUT2D eigenvalue weighted by atomic mass is 10.1. The van der Waals surface area contributed by atoms with Gasteiger partial charge in [-0.3, -0.25) is 4.79 Å². The van der Waals surface area contributed by atoms with Crippen molar-refractivity contribution in [2.75, 3.05) is 6.61 Å². The highest BCUT2D eigenvalue weighted by atomic mass is 19.1. The summed E-state index contributed by atoms with van der Waals surface area (Å²) in [5.41, 5.74) is 0.897. The molecule has 1 heterocycles. The first kappa shape index (κ1) is 12.5. The van der Waals surface area contributed by atoms with E-state index in [1.165, 1.54) is 12.3 Å². The molecule has 0 unspecified atom stereocenters. The highest BCUT2D eigenvalue weighted by molar-refractivity contribution is 5.95. The Morgan fingerprint density at radius 1 is 1.33 bits per heavy atom. The van der Waals surface area contributed by atoms with Crippen LogP contribution >= 0.6 is 0 Å². The molecule has 0 aliphatic rings. The molecule has 0 saturated carbocycles. The summed E-state index contributed by atoms with van der Waals surface area (Å²) in [7, 11) is 0. The number of nitrogens with zero attached hydrogens (tertiary/aromatic N) is 1. The van der Waals surface area contributed by atoms with Crippen LogP contribution in [0.3, 0.4) is 0 Å². The van der Waals surface area contributed by atoms with Crippen molar-refractivity contribution in [2.24, 2.45) is 0 Å². The second-order valence-corrected chi connectivity index (χ2v) is 4.09. The Kier molecular flexibility index (Phi) is 3.58. The first-order valence-electron chi connectivity index (χ1n) is 5.70. The molecule has 0 radical (unpaired) electrons. The maximum absolute atomic E-state index is 13.6. The van der Waals surface area contributed by atoms with Gasteiger partial charge in [0.25, 0.3) is 0 Å². The average Bonchev–Trinajstić information content (AvgIpc) is 2.80. The maximum atomic E-state index is 13.6. The van der Waals surface area contributed by atoms with Crippen molar-refractivity contribution in [1.29, 1.82) is 0 Å². The summed E-state index contributed by atoms with van der Waals surface area (Å²) in [4.78, 5) is 11.5. The summed E-state index contributed by atoms with van der Waals surface area (Å²) < 4.78 is 15.1. The van der Waals surface area contributed by atoms with E-state index in [0.717, 1.165) is 5.56 Å². The number of carbonyl (C=O) groups is 1. The van der Waals surface area contributed by atoms with Crippen molar-refractivity contribution in [1.82, 2.24) is 4.57 Å². The minimum atomic E-state index is -0.692. The predicted octanol–water partition coefficient (Wildman–Crippen LogP) is 2.41. The molecule has 0 amide bonds. The summed E-state index contributed by atoms with van der Waals surface area (Å²) >= 11 is 0. The molecular formula is C14H14FNO2. The third kappa shape index (κ3) is 2.19. The van der Waals surface area contributed by atoms with Crippen LogP contribution in [0.4, 0.5) is 4.39 Å². The molecule has 0 aliphatic carbocycles. The number of halogens is 1. The number of aliphatic hydroxyl groups is 1. The van der Waals surface area contributed by atoms with Gasteiger partial charge in [-0.05, 0) is 18.6 Å². The molecule has 94 valence electrons. The molecule has 2 rings (SSSR count). The maximum Gasteiger partial charge on any atom is 0.207 e. The quantitative estimate of drug-likeness (QED) is 0.843. The van der Waals surface area contributed by atoms with Gasteiger partial charge in [0, 0.05) is 6.20 Å². The first-order valence-corrected chi connectivity index (χ1v) is 5.70. The van der Waals surface area contributed by atoms with E-state index in [4.69, 9.17) is 5.11 Å². The van der Waals surface area contributed by atoms with Gasteiger partial charge in [-0.2, -0.15) is 0 Å². The summed E-state index contributed by atoms with van der Waals surface area (Å²) in [6, 6.07) is 10.6. The van der Waals surface area contributed by atoms with Crippen molar-refractivity contribution >= 4 is 5.78 Å². The third-order valence-electron chi connectivity index (χ3n) is 2.97. The summed E-state index contributed by atoms with van der Waals surface area (Å²) in [5, 5.41) is 8.88. The smallest absolute Gasteiger partial charge is 0.207 e. The van der Waals surface area contributed by atoms with E-state index in [0.29, 0.717) is 0 Å². The van der Waals surface area contributed by atoms with E-state index in [1.54, 1.807) is 4.57 Å². The molecule has 0 bridgehead atoms. The second kappa shape index (κ2) is 5.14. The first-order chi connectivity index (χ1) is 8.65. The normalized spacial score (nSPS) is 12.4. The molecule has 0 fully saturated rings. The minimum absolute atomic E-state index is 0.0751. The van der Waals surface area contributed by atoms with E-state index in [1.807, 2.05) is 37.3 Å². The monoisotopic (exact) mass is 247 g/mol. The van der Waals surface area contributed by atoms with Gasteiger partial charge in [-0.25, -0.2) is 4.39 Å². The van der Waals surface area contributed by atoms with Gasteiger partial charge < -0.3 is 9.67 Å². The van der Waals surface area contributed by atoms with Crippen LogP contribution in [0.25, 0.3) is 0 Å². The lowest BCUT2D eigenvalue weighted by Crippen LogP contribution is -2.17. The molecule has 0 aliphatic heterocycles. The number of hydrogen-bond acceptors (Lipinski definition) is 2. The Hall–Kier alpha value is -1.94. The predicted molar refractivity (Wildman–Crippen MR) is 66.1 cm³/mol. The lowest BCUT2D eigenvalue weighted by molar-refractivity contribution is 0.0888. The second-order valence-electron chi connectivity index (χ2n) is 4.09. The largest absolute Gasteiger partial charge is 0.388 e. The number of Topliss-reactive ketones (excluding diaryl/α,β-unsaturated/α-hetero) is 1. The average molecular weight is 247 g/mol. The van der Waals surface area contributed by atoms with Crippen LogP contribution in [-0.4, -0.2) is 22.1 Å². The lowest BCUT2D eigenvalue weighted by Gasteiger charge is -2.17. The van der Waals surface area contributed by atoms with Crippen molar-refractivity contribution in [2.45, 2.75) is 13.0 Å². The highest BCUT2D eigenvalue weighted by Gasteiger charge is 2.20. The number of rotatable bonds is 4. The van der Waals surface area contributed by atoms with Gasteiger partial charge >= 0.3 is 0 Å². The molecule has 0 saturated heterocycles. The molecule has 0 spiro atoms. The number of aromatic nitrogens is 1. The van der Waals surface area contributed by atoms with E-state index in [2.05, 4.69) is 0 Å². The third-order valence-corrected chi connectivity index (χ3v) is 2.97. The number of carbonyl (C=O) groups excluding carboxylic acids is 1. The number of aliphatic hydroxyl groups excluding tert-OH is 1. The standard InChI is InChI=1S/C14H14FNO2/c1-10(11-5-3-2-4-6-11)16-8-7-12(15)14(16)13(18)9-17/h2-8,10,17H,9H2,1H3/t10-/m1/s1. The number of ketones is 1. The van der Waals surface area contributed by atoms with Crippen molar-refractivity contribution in [3.63, 3.8) is 0 Å². The van der Waals surface area contributed by atoms with Crippen LogP contribution in [0.2, 0.25) is 0 Å². The highest BCUT2D eigenvalue weighted by Crippen LogP contribution is 2.22. The Morgan fingerprint density at radius 2 is 2.00 bits per heavy atom. The molecular weight excluding hydrogens is 233 g/mol. The fourth-order valence-electron chi connectivity index (χ4n) is 1.99. The van der Waals surface area contributed by atoms with Crippen molar-refractivity contribution < 1.29 is 14.3 Å². The van der Waals surface area contributed by atoms with Crippen LogP contribution in [0.15, 0.2) is 42.6 Å². The number of benzene rings is 1. The molecule has 1 aromatic carbocycles. The summed E-state index contributed by atoms with van der Waals surface area (Å²) in [6.45, 7) is 1.19. The topological polar surface area (TPSA) is 42.2 Å². The molecule has 4 heteroatoms. The van der Waals surface area contributed by atoms with Crippen molar-refractivity contribution in [3.8, 4) is 0 Å². The van der Waals surface area contributed by atoms with Gasteiger partial charge in [-0.1, -0.05) is 30.3 Å². The van der Waals surface area contributed by atoms with Crippen LogP contribution in [0, 0.1) is 5.82 Å². The van der Waals surface area contributed by atoms with Crippen molar-refractivity contribution in [3.05, 3.63) is 59.7 Å². The summed E-state index contributed by atoms with van der Waals surface area (Å²) in [5.74, 6) is -1.21. The Morgan fingerprint density at radius 3 is 2.61 bits per heavy atom. The summed E-state index contributed by atoms with van der Waals surface area (Å²) in [6.07, 6.45) is 1.52. The SMILES string of the molecule is C[C@H](c1ccccc1)n1ccc(F)c1C(=O)CO. The van der Waals surface area contributed by atoms with E-state index in [-0.39, 0.29) is 11.7 Å². The fraction of sp³-hybridized carbons (Fsp3) is 0.214.